The highest BCUT2D eigenvalue weighted by atomic mass is 32.1. The van der Waals surface area contributed by atoms with E-state index in [1.54, 1.807) is 11.3 Å². The van der Waals surface area contributed by atoms with Gasteiger partial charge < -0.3 is 10.4 Å². The molecule has 0 spiro atoms. The van der Waals surface area contributed by atoms with Crippen LogP contribution in [0.5, 0.6) is 0 Å². The van der Waals surface area contributed by atoms with Crippen molar-refractivity contribution in [2.24, 2.45) is 0 Å². The average molecular weight is 283 g/mol. The number of aliphatic hydroxyl groups excluding tert-OH is 1. The molecule has 1 atom stereocenters. The van der Waals surface area contributed by atoms with Crippen molar-refractivity contribution in [3.8, 4) is 0 Å². The van der Waals surface area contributed by atoms with E-state index in [0.29, 0.717) is 18.7 Å². The van der Waals surface area contributed by atoms with Crippen LogP contribution in [0.4, 0.5) is 8.78 Å². The number of thiophene rings is 1. The lowest BCUT2D eigenvalue weighted by Crippen LogP contribution is -2.21. The Bertz CT molecular complexity index is 556. The molecule has 0 saturated heterocycles. The van der Waals surface area contributed by atoms with Crippen LogP contribution in [0.25, 0.3) is 0 Å². The predicted molar refractivity (Wildman–Crippen MR) is 72.1 cm³/mol. The normalized spacial score (nSPS) is 12.6. The lowest BCUT2D eigenvalue weighted by atomic mass is 10.1. The van der Waals surface area contributed by atoms with Crippen molar-refractivity contribution in [2.45, 2.75) is 19.6 Å². The molecule has 2 rings (SSSR count). The molecule has 0 bridgehead atoms. The van der Waals surface area contributed by atoms with Gasteiger partial charge in [-0.2, -0.15) is 0 Å². The number of aliphatic hydroxyl groups is 1. The summed E-state index contributed by atoms with van der Waals surface area (Å²) in [7, 11) is 0. The Morgan fingerprint density at radius 2 is 2.05 bits per heavy atom. The van der Waals surface area contributed by atoms with E-state index in [2.05, 4.69) is 5.32 Å². The van der Waals surface area contributed by atoms with Crippen LogP contribution in [0.1, 0.15) is 22.1 Å². The highest BCUT2D eigenvalue weighted by molar-refractivity contribution is 7.10. The molecule has 1 aromatic carbocycles. The SMILES string of the molecule is Cc1ccsc1CNCC(O)c1ccc(F)c(F)c1. The minimum Gasteiger partial charge on any atom is -0.387 e. The van der Waals surface area contributed by atoms with Crippen molar-refractivity contribution in [3.05, 3.63) is 57.3 Å². The summed E-state index contributed by atoms with van der Waals surface area (Å²) in [4.78, 5) is 1.21. The molecular weight excluding hydrogens is 268 g/mol. The molecule has 0 fully saturated rings. The van der Waals surface area contributed by atoms with Gasteiger partial charge in [0.05, 0.1) is 6.10 Å². The van der Waals surface area contributed by atoms with Crippen LogP contribution in [-0.4, -0.2) is 11.7 Å². The summed E-state index contributed by atoms with van der Waals surface area (Å²) in [6, 6.07) is 5.48. The Labute approximate surface area is 114 Å². The summed E-state index contributed by atoms with van der Waals surface area (Å²) in [5.74, 6) is -1.84. The third-order valence-corrected chi connectivity index (χ3v) is 3.94. The minimum absolute atomic E-state index is 0.294. The first-order chi connectivity index (χ1) is 9.08. The Kier molecular flexibility index (Phi) is 4.63. The van der Waals surface area contributed by atoms with Crippen molar-refractivity contribution in [2.75, 3.05) is 6.54 Å². The average Bonchev–Trinajstić information content (AvgIpc) is 2.78. The third kappa shape index (κ3) is 3.59. The van der Waals surface area contributed by atoms with Crippen LogP contribution in [0.3, 0.4) is 0 Å². The molecule has 102 valence electrons. The van der Waals surface area contributed by atoms with Gasteiger partial charge in [0, 0.05) is 18.0 Å². The second-order valence-electron chi connectivity index (χ2n) is 4.35. The molecule has 5 heteroatoms. The van der Waals surface area contributed by atoms with Crippen molar-refractivity contribution in [1.29, 1.82) is 0 Å². The summed E-state index contributed by atoms with van der Waals surface area (Å²) in [5.41, 5.74) is 1.58. The highest BCUT2D eigenvalue weighted by Crippen LogP contribution is 2.17. The van der Waals surface area contributed by atoms with Gasteiger partial charge in [0.25, 0.3) is 0 Å². The number of halogens is 2. The summed E-state index contributed by atoms with van der Waals surface area (Å²) < 4.78 is 25.8. The van der Waals surface area contributed by atoms with E-state index in [9.17, 15) is 13.9 Å². The molecule has 0 aliphatic heterocycles. The zero-order valence-corrected chi connectivity index (χ0v) is 11.3. The van der Waals surface area contributed by atoms with E-state index in [1.807, 2.05) is 18.4 Å². The first kappa shape index (κ1) is 14.1. The number of aryl methyl sites for hydroxylation is 1. The van der Waals surface area contributed by atoms with Gasteiger partial charge in [0.1, 0.15) is 0 Å². The van der Waals surface area contributed by atoms with Crippen LogP contribution >= 0.6 is 11.3 Å². The highest BCUT2D eigenvalue weighted by Gasteiger charge is 2.10. The molecule has 1 heterocycles. The zero-order chi connectivity index (χ0) is 13.8. The van der Waals surface area contributed by atoms with Gasteiger partial charge >= 0.3 is 0 Å². The Morgan fingerprint density at radius 1 is 1.26 bits per heavy atom. The fourth-order valence-corrected chi connectivity index (χ4v) is 2.62. The van der Waals surface area contributed by atoms with Crippen LogP contribution in [0.15, 0.2) is 29.6 Å². The van der Waals surface area contributed by atoms with E-state index < -0.39 is 17.7 Å². The smallest absolute Gasteiger partial charge is 0.159 e. The third-order valence-electron chi connectivity index (χ3n) is 2.92. The molecule has 2 nitrogen and oxygen atoms in total. The van der Waals surface area contributed by atoms with Gasteiger partial charge in [-0.3, -0.25) is 0 Å². The first-order valence-electron chi connectivity index (χ1n) is 5.94. The van der Waals surface area contributed by atoms with E-state index in [0.717, 1.165) is 12.1 Å². The van der Waals surface area contributed by atoms with Crippen molar-refractivity contribution in [1.82, 2.24) is 5.32 Å². The molecule has 0 aliphatic carbocycles. The standard InChI is InChI=1S/C14H15F2NOS/c1-9-4-5-19-14(9)8-17-7-13(18)10-2-3-11(15)12(16)6-10/h2-6,13,17-18H,7-8H2,1H3. The molecule has 0 radical (unpaired) electrons. The van der Waals surface area contributed by atoms with E-state index >= 15 is 0 Å². The Hall–Kier alpha value is -1.30. The molecule has 0 amide bonds. The molecule has 0 aliphatic rings. The second-order valence-corrected chi connectivity index (χ2v) is 5.35. The van der Waals surface area contributed by atoms with E-state index in [4.69, 9.17) is 0 Å². The van der Waals surface area contributed by atoms with Gasteiger partial charge in [-0.05, 0) is 41.6 Å². The van der Waals surface area contributed by atoms with Gasteiger partial charge in [0.15, 0.2) is 11.6 Å². The zero-order valence-electron chi connectivity index (χ0n) is 10.5. The molecule has 1 aromatic heterocycles. The van der Waals surface area contributed by atoms with Crippen LogP contribution < -0.4 is 5.32 Å². The molecule has 0 saturated carbocycles. The topological polar surface area (TPSA) is 32.3 Å². The molecule has 2 N–H and O–H groups in total. The lowest BCUT2D eigenvalue weighted by Gasteiger charge is -2.12. The summed E-state index contributed by atoms with van der Waals surface area (Å²) >= 11 is 1.65. The Morgan fingerprint density at radius 3 is 2.68 bits per heavy atom. The summed E-state index contributed by atoms with van der Waals surface area (Å²) in [6.07, 6.45) is -0.852. The molecule has 1 unspecified atom stereocenters. The summed E-state index contributed by atoms with van der Waals surface area (Å²) in [6.45, 7) is 2.98. The van der Waals surface area contributed by atoms with Crippen LogP contribution in [0, 0.1) is 18.6 Å². The number of hydrogen-bond donors (Lipinski definition) is 2. The largest absolute Gasteiger partial charge is 0.387 e. The summed E-state index contributed by atoms with van der Waals surface area (Å²) in [5, 5.41) is 15.0. The van der Waals surface area contributed by atoms with E-state index in [-0.39, 0.29) is 0 Å². The van der Waals surface area contributed by atoms with Gasteiger partial charge in [-0.1, -0.05) is 6.07 Å². The van der Waals surface area contributed by atoms with Gasteiger partial charge in [-0.15, -0.1) is 11.3 Å². The number of rotatable bonds is 5. The van der Waals surface area contributed by atoms with Crippen molar-refractivity contribution < 1.29 is 13.9 Å². The number of benzene rings is 1. The minimum atomic E-state index is -0.939. The maximum atomic E-state index is 13.0. The van der Waals surface area contributed by atoms with Crippen molar-refractivity contribution >= 4 is 11.3 Å². The molecule has 2 aromatic rings. The predicted octanol–water partition coefficient (Wildman–Crippen LogP) is 3.16. The maximum Gasteiger partial charge on any atom is 0.159 e. The Balaban J connectivity index is 1.89. The lowest BCUT2D eigenvalue weighted by molar-refractivity contribution is 0.174. The second kappa shape index (κ2) is 6.23. The van der Waals surface area contributed by atoms with Gasteiger partial charge in [0.2, 0.25) is 0 Å². The van der Waals surface area contributed by atoms with Crippen LogP contribution in [-0.2, 0) is 6.54 Å². The maximum absolute atomic E-state index is 13.0. The fourth-order valence-electron chi connectivity index (χ4n) is 1.75. The van der Waals surface area contributed by atoms with Crippen molar-refractivity contribution in [3.63, 3.8) is 0 Å². The molecule has 19 heavy (non-hydrogen) atoms. The fraction of sp³-hybridized carbons (Fsp3) is 0.286. The molecular formula is C14H15F2NOS. The first-order valence-corrected chi connectivity index (χ1v) is 6.82. The van der Waals surface area contributed by atoms with E-state index in [1.165, 1.54) is 16.5 Å². The van der Waals surface area contributed by atoms with Crippen LogP contribution in [0.2, 0.25) is 0 Å². The monoisotopic (exact) mass is 283 g/mol. The number of nitrogens with one attached hydrogen (secondary N) is 1. The quantitative estimate of drug-likeness (QED) is 0.883. The number of hydrogen-bond acceptors (Lipinski definition) is 3. The van der Waals surface area contributed by atoms with Gasteiger partial charge in [-0.25, -0.2) is 8.78 Å².